The number of hydrogen-bond acceptors (Lipinski definition) is 6. The number of carbonyl (C=O) groups excluding carboxylic acids is 2. The van der Waals surface area contributed by atoms with Crippen LogP contribution in [0, 0.1) is 5.82 Å². The Kier molecular flexibility index (Phi) is 6.39. The molecule has 0 unspecified atom stereocenters. The number of imidazole rings is 1. The zero-order valence-electron chi connectivity index (χ0n) is 18.8. The molecule has 0 aliphatic carbocycles. The van der Waals surface area contributed by atoms with Crippen molar-refractivity contribution in [1.29, 1.82) is 0 Å². The van der Waals surface area contributed by atoms with Gasteiger partial charge in [0, 0.05) is 36.8 Å². The number of pyridine rings is 2. The van der Waals surface area contributed by atoms with Crippen molar-refractivity contribution < 1.29 is 23.5 Å². The van der Waals surface area contributed by atoms with E-state index in [1.807, 2.05) is 0 Å². The largest absolute Gasteiger partial charge is 0.494 e. The zero-order valence-corrected chi connectivity index (χ0v) is 18.8. The average Bonchev–Trinajstić information content (AvgIpc) is 3.27. The fraction of sp³-hybridized carbons (Fsp3) is 0.167. The van der Waals surface area contributed by atoms with Crippen molar-refractivity contribution in [3.05, 3.63) is 72.4 Å². The van der Waals surface area contributed by atoms with Crippen molar-refractivity contribution in [2.45, 2.75) is 6.92 Å². The van der Waals surface area contributed by atoms with Crippen LogP contribution in [0.5, 0.6) is 5.75 Å². The van der Waals surface area contributed by atoms with Crippen LogP contribution in [0.15, 0.2) is 61.1 Å². The van der Waals surface area contributed by atoms with Gasteiger partial charge in [0.25, 0.3) is 5.91 Å². The molecule has 4 rings (SSSR count). The van der Waals surface area contributed by atoms with E-state index in [0.29, 0.717) is 28.4 Å². The first-order valence-electron chi connectivity index (χ1n) is 10.4. The molecule has 0 aliphatic rings. The molecular weight excluding hydrogens is 441 g/mol. The van der Waals surface area contributed by atoms with Gasteiger partial charge in [0.15, 0.2) is 11.6 Å². The summed E-state index contributed by atoms with van der Waals surface area (Å²) in [6.45, 7) is 1.98. The van der Waals surface area contributed by atoms with Crippen LogP contribution in [-0.2, 0) is 4.74 Å². The van der Waals surface area contributed by atoms with Crippen LogP contribution in [0.25, 0.3) is 16.9 Å². The van der Waals surface area contributed by atoms with Crippen molar-refractivity contribution in [2.24, 2.45) is 0 Å². The molecule has 0 fully saturated rings. The van der Waals surface area contributed by atoms with Crippen LogP contribution in [0.2, 0.25) is 0 Å². The van der Waals surface area contributed by atoms with Crippen molar-refractivity contribution in [1.82, 2.24) is 14.4 Å². The van der Waals surface area contributed by atoms with Gasteiger partial charge in [-0.1, -0.05) is 0 Å². The number of rotatable bonds is 6. The number of benzene rings is 1. The van der Waals surface area contributed by atoms with Gasteiger partial charge in [-0.05, 0) is 43.3 Å². The highest BCUT2D eigenvalue weighted by Gasteiger charge is 2.17. The number of nitrogens with zero attached hydrogens (tertiary/aromatic N) is 4. The Bertz CT molecular complexity index is 1350. The highest BCUT2D eigenvalue weighted by atomic mass is 19.1. The number of methoxy groups -OCH3 is 1. The summed E-state index contributed by atoms with van der Waals surface area (Å²) < 4.78 is 25.4. The molecule has 3 heterocycles. The van der Waals surface area contributed by atoms with Crippen molar-refractivity contribution in [2.75, 3.05) is 31.0 Å². The smallest absolute Gasteiger partial charge is 0.412 e. The summed E-state index contributed by atoms with van der Waals surface area (Å²) in [4.78, 5) is 34.7. The van der Waals surface area contributed by atoms with Crippen LogP contribution in [0.1, 0.15) is 17.3 Å². The fourth-order valence-electron chi connectivity index (χ4n) is 3.38. The van der Waals surface area contributed by atoms with Gasteiger partial charge in [-0.2, -0.15) is 0 Å². The Morgan fingerprint density at radius 1 is 1.12 bits per heavy atom. The molecule has 174 valence electrons. The third-order valence-corrected chi connectivity index (χ3v) is 5.14. The molecule has 0 saturated carbocycles. The van der Waals surface area contributed by atoms with Crippen molar-refractivity contribution in [3.8, 4) is 17.0 Å². The lowest BCUT2D eigenvalue weighted by Gasteiger charge is -2.18. The summed E-state index contributed by atoms with van der Waals surface area (Å²) in [6, 6.07) is 11.1. The van der Waals surface area contributed by atoms with Gasteiger partial charge in [-0.3, -0.25) is 14.5 Å². The van der Waals surface area contributed by atoms with E-state index >= 15 is 0 Å². The molecule has 0 spiro atoms. The molecular formula is C24H22FN5O4. The molecule has 0 radical (unpaired) electrons. The monoisotopic (exact) mass is 463 g/mol. The van der Waals surface area contributed by atoms with Crippen molar-refractivity contribution >= 4 is 29.2 Å². The number of nitrogens with one attached hydrogen (secondary N) is 1. The number of anilines is 2. The average molecular weight is 463 g/mol. The molecule has 4 aromatic rings. The predicted octanol–water partition coefficient (Wildman–Crippen LogP) is 4.39. The highest BCUT2D eigenvalue weighted by molar-refractivity contribution is 6.05. The topological polar surface area (TPSA) is 98.1 Å². The van der Waals surface area contributed by atoms with E-state index in [1.165, 1.54) is 30.2 Å². The maximum absolute atomic E-state index is 13.8. The lowest BCUT2D eigenvalue weighted by atomic mass is 10.2. The van der Waals surface area contributed by atoms with Crippen LogP contribution in [0.3, 0.4) is 0 Å². The lowest BCUT2D eigenvalue weighted by molar-refractivity contribution is 0.0992. The van der Waals surface area contributed by atoms with E-state index in [9.17, 15) is 14.0 Å². The van der Waals surface area contributed by atoms with Gasteiger partial charge < -0.3 is 14.4 Å². The number of halogens is 1. The Balaban J connectivity index is 1.61. The number of hydrogen-bond donors (Lipinski definition) is 1. The van der Waals surface area contributed by atoms with Crippen LogP contribution in [-0.4, -0.2) is 47.1 Å². The Hall–Kier alpha value is -4.47. The first kappa shape index (κ1) is 22.7. The van der Waals surface area contributed by atoms with Crippen LogP contribution < -0.4 is 15.0 Å². The van der Waals surface area contributed by atoms with E-state index in [0.717, 1.165) is 5.56 Å². The molecule has 0 saturated heterocycles. The minimum Gasteiger partial charge on any atom is -0.494 e. The molecule has 0 aliphatic heterocycles. The maximum atomic E-state index is 13.8. The third kappa shape index (κ3) is 4.51. The Labute approximate surface area is 194 Å². The van der Waals surface area contributed by atoms with Gasteiger partial charge in [-0.25, -0.2) is 19.2 Å². The van der Waals surface area contributed by atoms with Gasteiger partial charge >= 0.3 is 6.09 Å². The Morgan fingerprint density at radius 3 is 2.65 bits per heavy atom. The molecule has 1 aromatic carbocycles. The van der Waals surface area contributed by atoms with E-state index in [1.54, 1.807) is 61.2 Å². The second kappa shape index (κ2) is 9.57. The minimum absolute atomic E-state index is 0.0536. The number of ether oxygens (including phenoxy) is 2. The second-order valence-corrected chi connectivity index (χ2v) is 7.25. The minimum atomic E-state index is -0.580. The number of aromatic nitrogens is 3. The second-order valence-electron chi connectivity index (χ2n) is 7.25. The molecule has 10 heteroatoms. The molecule has 2 amide bonds. The quantitative estimate of drug-likeness (QED) is 0.456. The highest BCUT2D eigenvalue weighted by Crippen LogP contribution is 2.26. The lowest BCUT2D eigenvalue weighted by Crippen LogP contribution is -2.26. The number of amides is 2. The molecule has 3 aromatic heterocycles. The summed E-state index contributed by atoms with van der Waals surface area (Å²) in [7, 11) is 2.97. The normalized spacial score (nSPS) is 10.7. The number of fused-ring (bicyclic) bond motifs is 1. The fourth-order valence-corrected chi connectivity index (χ4v) is 3.38. The first-order valence-corrected chi connectivity index (χ1v) is 10.4. The molecule has 9 nitrogen and oxygen atoms in total. The van der Waals surface area contributed by atoms with Gasteiger partial charge in [0.05, 0.1) is 31.2 Å². The van der Waals surface area contributed by atoms with E-state index in [4.69, 9.17) is 9.47 Å². The first-order chi connectivity index (χ1) is 16.4. The summed E-state index contributed by atoms with van der Waals surface area (Å²) >= 11 is 0. The van der Waals surface area contributed by atoms with Gasteiger partial charge in [-0.15, -0.1) is 0 Å². The SMILES string of the molecule is CCOC(=O)Nc1ccc(-c2cnc3ccc(C(=O)N(C)c4ccc(F)c(OC)c4)cn23)cn1. The number of carbonyl (C=O) groups is 2. The molecule has 0 atom stereocenters. The zero-order chi connectivity index (χ0) is 24.2. The van der Waals surface area contributed by atoms with E-state index in [2.05, 4.69) is 15.3 Å². The van der Waals surface area contributed by atoms with Gasteiger partial charge in [0.1, 0.15) is 11.5 Å². The summed E-state index contributed by atoms with van der Waals surface area (Å²) in [5, 5.41) is 2.54. The van der Waals surface area contributed by atoms with Crippen LogP contribution in [0.4, 0.5) is 20.7 Å². The van der Waals surface area contributed by atoms with Gasteiger partial charge in [0.2, 0.25) is 0 Å². The van der Waals surface area contributed by atoms with Crippen LogP contribution >= 0.6 is 0 Å². The summed E-state index contributed by atoms with van der Waals surface area (Å²) in [5.41, 5.74) is 3.00. The standard InChI is InChI=1S/C24H22FN5O4/c1-4-34-24(32)28-21-9-5-15(12-26-21)19-13-27-22-10-6-16(14-30(19)22)23(31)29(2)17-7-8-18(25)20(11-17)33-3/h5-14H,4H2,1-3H3,(H,26,28,32). The van der Waals surface area contributed by atoms with Crippen molar-refractivity contribution in [3.63, 3.8) is 0 Å². The van der Waals surface area contributed by atoms with E-state index in [-0.39, 0.29) is 18.3 Å². The molecule has 34 heavy (non-hydrogen) atoms. The summed E-state index contributed by atoms with van der Waals surface area (Å²) in [6.07, 6.45) is 4.37. The maximum Gasteiger partial charge on any atom is 0.412 e. The Morgan fingerprint density at radius 2 is 1.94 bits per heavy atom. The molecule has 0 bridgehead atoms. The summed E-state index contributed by atoms with van der Waals surface area (Å²) in [5.74, 6) is -0.392. The predicted molar refractivity (Wildman–Crippen MR) is 125 cm³/mol. The van der Waals surface area contributed by atoms with E-state index < -0.39 is 11.9 Å². The molecule has 1 N–H and O–H groups in total. The third-order valence-electron chi connectivity index (χ3n) is 5.14.